The molecular weight excluding hydrogens is 453 g/mol. The van der Waals surface area contributed by atoms with Crippen LogP contribution in [0.3, 0.4) is 0 Å². The molecule has 0 spiro atoms. The van der Waals surface area contributed by atoms with Crippen molar-refractivity contribution in [3.05, 3.63) is 76.2 Å². The molecule has 2 aromatic heterocycles. The third-order valence-corrected chi connectivity index (χ3v) is 6.07. The van der Waals surface area contributed by atoms with Gasteiger partial charge < -0.3 is 14.5 Å². The number of hydrogen-bond donors (Lipinski definition) is 0. The number of benzene rings is 1. The largest absolute Gasteiger partial charge is 0.490 e. The fourth-order valence-electron chi connectivity index (χ4n) is 3.74. The van der Waals surface area contributed by atoms with Gasteiger partial charge in [-0.3, -0.25) is 9.78 Å². The zero-order chi connectivity index (χ0) is 23.4. The molecule has 6 nitrogen and oxygen atoms in total. The van der Waals surface area contributed by atoms with Gasteiger partial charge in [-0.15, -0.1) is 0 Å². The van der Waals surface area contributed by atoms with Gasteiger partial charge in [-0.2, -0.15) is 29.8 Å². The molecule has 1 amide bonds. The number of thiophene rings is 1. The van der Waals surface area contributed by atoms with Gasteiger partial charge in [0.25, 0.3) is 5.91 Å². The lowest BCUT2D eigenvalue weighted by Crippen LogP contribution is -2.57. The van der Waals surface area contributed by atoms with Gasteiger partial charge in [0.05, 0.1) is 35.0 Å². The molecule has 0 bridgehead atoms. The normalized spacial score (nSPS) is 16.4. The molecule has 0 saturated carbocycles. The van der Waals surface area contributed by atoms with Gasteiger partial charge in [-0.25, -0.2) is 0 Å². The average molecular weight is 472 g/mol. The van der Waals surface area contributed by atoms with Crippen LogP contribution in [0.5, 0.6) is 5.75 Å². The number of carbonyl (C=O) groups excluding carboxylic acids is 1. The molecule has 3 heterocycles. The number of ether oxygens (including phenoxy) is 1. The standard InChI is InChI=1S/C23H19F3N4O2S/c24-23(25,26)21-10-18(4-3-16(21)11-27)29-7-8-30(22(31)17-5-9-33-15-17)19(13-29)14-32-20-2-1-6-28-12-20/h1-6,9-10,12,15,19H,7-8,13-14H2. The molecule has 10 heteroatoms. The number of alkyl halides is 3. The van der Waals surface area contributed by atoms with Crippen LogP contribution in [0.1, 0.15) is 21.5 Å². The highest BCUT2D eigenvalue weighted by molar-refractivity contribution is 7.08. The van der Waals surface area contributed by atoms with Crippen LogP contribution in [0, 0.1) is 11.3 Å². The van der Waals surface area contributed by atoms with E-state index >= 15 is 0 Å². The minimum Gasteiger partial charge on any atom is -0.490 e. The van der Waals surface area contributed by atoms with Gasteiger partial charge in [0.15, 0.2) is 0 Å². The maximum Gasteiger partial charge on any atom is 0.417 e. The molecule has 33 heavy (non-hydrogen) atoms. The summed E-state index contributed by atoms with van der Waals surface area (Å²) in [5.41, 5.74) is -0.482. The fourth-order valence-corrected chi connectivity index (χ4v) is 4.37. The Bertz CT molecular complexity index is 1150. The Labute approximate surface area is 192 Å². The van der Waals surface area contributed by atoms with E-state index in [4.69, 9.17) is 10.00 Å². The van der Waals surface area contributed by atoms with Crippen LogP contribution in [-0.2, 0) is 6.18 Å². The number of hydrogen-bond acceptors (Lipinski definition) is 6. The number of nitriles is 1. The highest BCUT2D eigenvalue weighted by Gasteiger charge is 2.36. The zero-order valence-corrected chi connectivity index (χ0v) is 18.1. The van der Waals surface area contributed by atoms with Crippen molar-refractivity contribution in [1.82, 2.24) is 9.88 Å². The van der Waals surface area contributed by atoms with Gasteiger partial charge in [0.1, 0.15) is 12.4 Å². The first-order valence-corrected chi connectivity index (χ1v) is 11.0. The van der Waals surface area contributed by atoms with Crippen molar-refractivity contribution < 1.29 is 22.7 Å². The highest BCUT2D eigenvalue weighted by Crippen LogP contribution is 2.35. The van der Waals surface area contributed by atoms with E-state index in [1.54, 1.807) is 51.8 Å². The number of pyridine rings is 1. The molecular formula is C23H19F3N4O2S. The number of anilines is 1. The predicted octanol–water partition coefficient (Wildman–Crippen LogP) is 4.44. The van der Waals surface area contributed by atoms with Gasteiger partial charge in [-0.05, 0) is 41.8 Å². The second-order valence-corrected chi connectivity index (χ2v) is 8.23. The Morgan fingerprint density at radius 1 is 1.27 bits per heavy atom. The molecule has 1 aromatic carbocycles. The predicted molar refractivity (Wildman–Crippen MR) is 117 cm³/mol. The topological polar surface area (TPSA) is 69.5 Å². The Hall–Kier alpha value is -3.58. The first-order valence-electron chi connectivity index (χ1n) is 10.1. The first-order chi connectivity index (χ1) is 15.9. The van der Waals surface area contributed by atoms with Crippen LogP contribution in [0.2, 0.25) is 0 Å². The van der Waals surface area contributed by atoms with Gasteiger partial charge >= 0.3 is 6.18 Å². The number of amides is 1. The summed E-state index contributed by atoms with van der Waals surface area (Å²) in [6.45, 7) is 1.10. The number of nitrogens with zero attached hydrogens (tertiary/aromatic N) is 4. The van der Waals surface area contributed by atoms with Crippen LogP contribution in [-0.4, -0.2) is 48.1 Å². The molecule has 1 aliphatic heterocycles. The van der Waals surface area contributed by atoms with Gasteiger partial charge in [-0.1, -0.05) is 0 Å². The van der Waals surface area contributed by atoms with E-state index in [2.05, 4.69) is 4.98 Å². The molecule has 1 unspecified atom stereocenters. The van der Waals surface area contributed by atoms with E-state index in [0.29, 0.717) is 30.1 Å². The summed E-state index contributed by atoms with van der Waals surface area (Å²) in [4.78, 5) is 20.5. The molecule has 3 aromatic rings. The molecule has 0 N–H and O–H groups in total. The molecule has 0 radical (unpaired) electrons. The van der Waals surface area contributed by atoms with Crippen molar-refractivity contribution in [1.29, 1.82) is 5.26 Å². The van der Waals surface area contributed by atoms with Crippen molar-refractivity contribution >= 4 is 22.9 Å². The van der Waals surface area contributed by atoms with E-state index in [1.165, 1.54) is 23.5 Å². The van der Waals surface area contributed by atoms with E-state index in [1.807, 2.05) is 5.38 Å². The lowest BCUT2D eigenvalue weighted by Gasteiger charge is -2.42. The van der Waals surface area contributed by atoms with Crippen molar-refractivity contribution in [3.8, 4) is 11.8 Å². The molecule has 0 aliphatic carbocycles. The summed E-state index contributed by atoms with van der Waals surface area (Å²) in [5.74, 6) is 0.391. The summed E-state index contributed by atoms with van der Waals surface area (Å²) in [6.07, 6.45) is -1.47. The minimum atomic E-state index is -4.64. The lowest BCUT2D eigenvalue weighted by atomic mass is 10.0. The number of carbonyl (C=O) groups is 1. The summed E-state index contributed by atoms with van der Waals surface area (Å²) in [7, 11) is 0. The summed E-state index contributed by atoms with van der Waals surface area (Å²) >= 11 is 1.42. The van der Waals surface area contributed by atoms with Crippen LogP contribution in [0.25, 0.3) is 0 Å². The highest BCUT2D eigenvalue weighted by atomic mass is 32.1. The Morgan fingerprint density at radius 3 is 2.79 bits per heavy atom. The van der Waals surface area contributed by atoms with E-state index in [0.717, 1.165) is 6.07 Å². The SMILES string of the molecule is N#Cc1ccc(N2CCN(C(=O)c3ccsc3)C(COc3cccnc3)C2)cc1C(F)(F)F. The van der Waals surface area contributed by atoms with Crippen molar-refractivity contribution in [3.63, 3.8) is 0 Å². The molecule has 1 fully saturated rings. The monoisotopic (exact) mass is 472 g/mol. The summed E-state index contributed by atoms with van der Waals surface area (Å²) < 4.78 is 46.2. The molecule has 1 atom stereocenters. The van der Waals surface area contributed by atoms with Crippen LogP contribution >= 0.6 is 11.3 Å². The second kappa shape index (κ2) is 9.50. The molecule has 1 aliphatic rings. The number of piperazine rings is 1. The summed E-state index contributed by atoms with van der Waals surface area (Å²) in [5, 5.41) is 12.6. The smallest absolute Gasteiger partial charge is 0.417 e. The van der Waals surface area contributed by atoms with Gasteiger partial charge in [0.2, 0.25) is 0 Å². The lowest BCUT2D eigenvalue weighted by molar-refractivity contribution is -0.137. The van der Waals surface area contributed by atoms with Crippen LogP contribution in [0.15, 0.2) is 59.6 Å². The molecule has 170 valence electrons. The Kier molecular flexibility index (Phi) is 6.51. The number of aromatic nitrogens is 1. The molecule has 1 saturated heterocycles. The quantitative estimate of drug-likeness (QED) is 0.549. The Balaban J connectivity index is 1.59. The minimum absolute atomic E-state index is 0.147. The maximum atomic E-state index is 13.4. The van der Waals surface area contributed by atoms with E-state index in [-0.39, 0.29) is 19.1 Å². The van der Waals surface area contributed by atoms with Crippen molar-refractivity contribution in [2.75, 3.05) is 31.1 Å². The van der Waals surface area contributed by atoms with Crippen LogP contribution < -0.4 is 9.64 Å². The maximum absolute atomic E-state index is 13.4. The number of halogens is 3. The average Bonchev–Trinajstić information content (AvgIpc) is 3.37. The third-order valence-electron chi connectivity index (χ3n) is 5.38. The summed E-state index contributed by atoms with van der Waals surface area (Å²) in [6, 6.07) is 10.1. The number of rotatable bonds is 5. The van der Waals surface area contributed by atoms with E-state index < -0.39 is 23.3 Å². The molecule has 4 rings (SSSR count). The van der Waals surface area contributed by atoms with Crippen molar-refractivity contribution in [2.24, 2.45) is 0 Å². The van der Waals surface area contributed by atoms with Crippen LogP contribution in [0.4, 0.5) is 18.9 Å². The fraction of sp³-hybridized carbons (Fsp3) is 0.261. The first kappa shape index (κ1) is 22.6. The Morgan fingerprint density at radius 2 is 2.12 bits per heavy atom. The van der Waals surface area contributed by atoms with Crippen molar-refractivity contribution in [2.45, 2.75) is 12.2 Å². The van der Waals surface area contributed by atoms with Gasteiger partial charge in [0, 0.05) is 36.9 Å². The third kappa shape index (κ3) is 5.09. The second-order valence-electron chi connectivity index (χ2n) is 7.45. The van der Waals surface area contributed by atoms with E-state index in [9.17, 15) is 18.0 Å². The zero-order valence-electron chi connectivity index (χ0n) is 17.3.